The van der Waals surface area contributed by atoms with Crippen molar-refractivity contribution in [3.05, 3.63) is 0 Å². The molecule has 26 heavy (non-hydrogen) atoms. The maximum Gasteiger partial charge on any atom is 0.310 e. The molecule has 2 heterocycles. The molecule has 0 aromatic rings. The molecule has 7 nitrogen and oxygen atoms in total. The first kappa shape index (κ1) is 21.0. The molecule has 7 heteroatoms. The number of guanidine groups is 1. The molecule has 0 spiro atoms. The van der Waals surface area contributed by atoms with E-state index in [-0.39, 0.29) is 18.0 Å². The van der Waals surface area contributed by atoms with Gasteiger partial charge in [-0.25, -0.2) is 0 Å². The number of piperidine rings is 2. The molecule has 1 unspecified atom stereocenters. The third kappa shape index (κ3) is 6.76. The quantitative estimate of drug-likeness (QED) is 0.303. The van der Waals surface area contributed by atoms with Crippen molar-refractivity contribution < 1.29 is 14.6 Å². The monoisotopic (exact) mass is 368 g/mol. The van der Waals surface area contributed by atoms with E-state index in [4.69, 9.17) is 9.73 Å². The average molecular weight is 369 g/mol. The standard InChI is InChI=1S/C19H36N4O3/c1-3-20-19(21-10-6-11-22-13-8-17(24)9-14-22)23-12-5-7-16(15-23)18(25)26-4-2/h16-17,24H,3-15H2,1-2H3,(H,20,21). The second kappa shape index (κ2) is 11.4. The topological polar surface area (TPSA) is 77.4 Å². The molecule has 0 bridgehead atoms. The summed E-state index contributed by atoms with van der Waals surface area (Å²) in [6.07, 6.45) is 4.56. The van der Waals surface area contributed by atoms with Gasteiger partial charge in [0, 0.05) is 39.3 Å². The normalized spacial score (nSPS) is 23.1. The van der Waals surface area contributed by atoms with E-state index in [1.165, 1.54) is 0 Å². The van der Waals surface area contributed by atoms with Crippen LogP contribution in [0.5, 0.6) is 0 Å². The number of hydrogen-bond donors (Lipinski definition) is 2. The molecule has 0 radical (unpaired) electrons. The molecule has 2 N–H and O–H groups in total. The second-order valence-electron chi connectivity index (χ2n) is 7.20. The molecule has 2 aliphatic heterocycles. The van der Waals surface area contributed by atoms with Crippen molar-refractivity contribution in [3.63, 3.8) is 0 Å². The van der Waals surface area contributed by atoms with Gasteiger partial charge in [0.05, 0.1) is 18.6 Å². The van der Waals surface area contributed by atoms with Gasteiger partial charge in [-0.15, -0.1) is 0 Å². The lowest BCUT2D eigenvalue weighted by Crippen LogP contribution is -2.48. The van der Waals surface area contributed by atoms with Gasteiger partial charge in [0.1, 0.15) is 0 Å². The summed E-state index contributed by atoms with van der Waals surface area (Å²) >= 11 is 0. The number of nitrogens with zero attached hydrogens (tertiary/aromatic N) is 3. The fourth-order valence-electron chi connectivity index (χ4n) is 3.67. The maximum atomic E-state index is 12.1. The Labute approximate surface area is 157 Å². The lowest BCUT2D eigenvalue weighted by Gasteiger charge is -2.34. The number of esters is 1. The lowest BCUT2D eigenvalue weighted by atomic mass is 9.98. The average Bonchev–Trinajstić information content (AvgIpc) is 2.66. The van der Waals surface area contributed by atoms with Crippen molar-refractivity contribution in [3.8, 4) is 0 Å². The van der Waals surface area contributed by atoms with Crippen LogP contribution in [-0.4, -0.2) is 85.4 Å². The first-order valence-electron chi connectivity index (χ1n) is 10.2. The van der Waals surface area contributed by atoms with E-state index in [2.05, 4.69) is 22.0 Å². The van der Waals surface area contributed by atoms with Crippen molar-refractivity contribution in [2.24, 2.45) is 10.9 Å². The van der Waals surface area contributed by atoms with Crippen LogP contribution in [0.1, 0.15) is 46.0 Å². The van der Waals surface area contributed by atoms with Gasteiger partial charge < -0.3 is 25.0 Å². The van der Waals surface area contributed by atoms with Crippen LogP contribution in [0, 0.1) is 5.92 Å². The van der Waals surface area contributed by atoms with E-state index >= 15 is 0 Å². The first-order valence-corrected chi connectivity index (χ1v) is 10.2. The summed E-state index contributed by atoms with van der Waals surface area (Å²) in [5.74, 6) is 0.781. The van der Waals surface area contributed by atoms with E-state index in [1.807, 2.05) is 6.92 Å². The summed E-state index contributed by atoms with van der Waals surface area (Å²) < 4.78 is 5.19. The Bertz CT molecular complexity index is 450. The van der Waals surface area contributed by atoms with Gasteiger partial charge in [-0.05, 0) is 52.5 Å². The minimum atomic E-state index is -0.115. The van der Waals surface area contributed by atoms with Crippen LogP contribution in [0.4, 0.5) is 0 Å². The van der Waals surface area contributed by atoms with Crippen LogP contribution in [0.15, 0.2) is 4.99 Å². The molecule has 2 saturated heterocycles. The van der Waals surface area contributed by atoms with Gasteiger partial charge in [0.15, 0.2) is 5.96 Å². The maximum absolute atomic E-state index is 12.1. The number of ether oxygens (including phenoxy) is 1. The third-order valence-electron chi connectivity index (χ3n) is 5.13. The largest absolute Gasteiger partial charge is 0.466 e. The smallest absolute Gasteiger partial charge is 0.310 e. The Kier molecular flexibility index (Phi) is 9.18. The summed E-state index contributed by atoms with van der Waals surface area (Å²) in [5.41, 5.74) is 0. The Morgan fingerprint density at radius 2 is 2.00 bits per heavy atom. The van der Waals surface area contributed by atoms with Crippen LogP contribution in [0.25, 0.3) is 0 Å². The molecule has 150 valence electrons. The van der Waals surface area contributed by atoms with Crippen LogP contribution >= 0.6 is 0 Å². The highest BCUT2D eigenvalue weighted by Crippen LogP contribution is 2.18. The van der Waals surface area contributed by atoms with Gasteiger partial charge >= 0.3 is 5.97 Å². The Morgan fingerprint density at radius 3 is 2.69 bits per heavy atom. The zero-order valence-electron chi connectivity index (χ0n) is 16.5. The zero-order chi connectivity index (χ0) is 18.8. The Hall–Kier alpha value is -1.34. The third-order valence-corrected chi connectivity index (χ3v) is 5.13. The summed E-state index contributed by atoms with van der Waals surface area (Å²) in [6, 6.07) is 0. The number of aliphatic hydroxyl groups excluding tert-OH is 1. The molecule has 0 aliphatic carbocycles. The number of carbonyl (C=O) groups is 1. The summed E-state index contributed by atoms with van der Waals surface area (Å²) in [6.45, 7) is 10.6. The van der Waals surface area contributed by atoms with E-state index < -0.39 is 0 Å². The number of nitrogens with one attached hydrogen (secondary N) is 1. The molecule has 0 amide bonds. The van der Waals surface area contributed by atoms with E-state index in [0.29, 0.717) is 13.2 Å². The highest BCUT2D eigenvalue weighted by Gasteiger charge is 2.28. The molecule has 2 aliphatic rings. The molecule has 2 rings (SSSR count). The van der Waals surface area contributed by atoms with Crippen LogP contribution in [0.3, 0.4) is 0 Å². The number of hydrogen-bond acceptors (Lipinski definition) is 5. The fraction of sp³-hybridized carbons (Fsp3) is 0.895. The molecule has 0 saturated carbocycles. The number of carbonyl (C=O) groups excluding carboxylic acids is 1. The SMILES string of the molecule is CCNC(=NCCCN1CCC(O)CC1)N1CCCC(C(=O)OCC)C1. The van der Waals surface area contributed by atoms with Gasteiger partial charge in [-0.2, -0.15) is 0 Å². The Balaban J connectivity index is 1.80. The molecule has 1 atom stereocenters. The van der Waals surface area contributed by atoms with Crippen LogP contribution < -0.4 is 5.32 Å². The van der Waals surface area contributed by atoms with Crippen LogP contribution in [-0.2, 0) is 9.53 Å². The van der Waals surface area contributed by atoms with E-state index in [1.54, 1.807) is 0 Å². The van der Waals surface area contributed by atoms with Crippen molar-refractivity contribution in [2.45, 2.75) is 52.1 Å². The predicted octanol–water partition coefficient (Wildman–Crippen LogP) is 1.07. The first-order chi connectivity index (χ1) is 12.6. The van der Waals surface area contributed by atoms with Crippen molar-refractivity contribution in [1.29, 1.82) is 0 Å². The molecular weight excluding hydrogens is 332 g/mol. The Morgan fingerprint density at radius 1 is 1.23 bits per heavy atom. The number of rotatable bonds is 7. The minimum Gasteiger partial charge on any atom is -0.466 e. The minimum absolute atomic E-state index is 0.0488. The van der Waals surface area contributed by atoms with Crippen LogP contribution in [0.2, 0.25) is 0 Å². The van der Waals surface area contributed by atoms with E-state index in [0.717, 1.165) is 77.3 Å². The predicted molar refractivity (Wildman–Crippen MR) is 103 cm³/mol. The number of aliphatic hydroxyl groups is 1. The van der Waals surface area contributed by atoms with Crippen molar-refractivity contribution >= 4 is 11.9 Å². The summed E-state index contributed by atoms with van der Waals surface area (Å²) in [5, 5.41) is 12.9. The molecule has 2 fully saturated rings. The van der Waals surface area contributed by atoms with Gasteiger partial charge in [0.2, 0.25) is 0 Å². The van der Waals surface area contributed by atoms with Gasteiger partial charge in [-0.3, -0.25) is 9.79 Å². The number of aliphatic imine (C=N–C) groups is 1. The highest BCUT2D eigenvalue weighted by atomic mass is 16.5. The zero-order valence-corrected chi connectivity index (χ0v) is 16.5. The van der Waals surface area contributed by atoms with Crippen molar-refractivity contribution in [2.75, 3.05) is 52.4 Å². The molecule has 0 aromatic heterocycles. The molecular formula is C19H36N4O3. The van der Waals surface area contributed by atoms with Gasteiger partial charge in [-0.1, -0.05) is 0 Å². The lowest BCUT2D eigenvalue weighted by molar-refractivity contribution is -0.149. The molecule has 0 aromatic carbocycles. The second-order valence-corrected chi connectivity index (χ2v) is 7.20. The number of likely N-dealkylation sites (tertiary alicyclic amines) is 2. The summed E-state index contributed by atoms with van der Waals surface area (Å²) in [4.78, 5) is 21.4. The van der Waals surface area contributed by atoms with E-state index in [9.17, 15) is 9.90 Å². The van der Waals surface area contributed by atoms with Crippen molar-refractivity contribution in [1.82, 2.24) is 15.1 Å². The summed E-state index contributed by atoms with van der Waals surface area (Å²) in [7, 11) is 0. The highest BCUT2D eigenvalue weighted by molar-refractivity contribution is 5.81. The van der Waals surface area contributed by atoms with Gasteiger partial charge in [0.25, 0.3) is 0 Å². The fourth-order valence-corrected chi connectivity index (χ4v) is 3.67.